The maximum Gasteiger partial charge on any atom is 0.416 e. The lowest BCUT2D eigenvalue weighted by Gasteiger charge is -2.28. The SMILES string of the molecule is O=C1CN(C(=O)COC(=O)Cc2cccc(C(F)(F)F)c2)c2ccccc2N1. The monoisotopic (exact) mass is 392 g/mol. The molecule has 0 aliphatic carbocycles. The van der Waals surface area contributed by atoms with Crippen LogP contribution < -0.4 is 10.2 Å². The number of rotatable bonds is 4. The number of benzene rings is 2. The number of ether oxygens (including phenoxy) is 1. The van der Waals surface area contributed by atoms with Gasteiger partial charge in [0.15, 0.2) is 6.61 Å². The first-order valence-electron chi connectivity index (χ1n) is 8.25. The van der Waals surface area contributed by atoms with E-state index in [4.69, 9.17) is 4.74 Å². The second kappa shape index (κ2) is 7.71. The fraction of sp³-hybridized carbons (Fsp3) is 0.211. The van der Waals surface area contributed by atoms with Crippen molar-refractivity contribution in [3.05, 3.63) is 59.7 Å². The van der Waals surface area contributed by atoms with E-state index in [1.165, 1.54) is 17.0 Å². The number of alkyl halides is 3. The lowest BCUT2D eigenvalue weighted by molar-refractivity contribution is -0.147. The quantitative estimate of drug-likeness (QED) is 0.812. The summed E-state index contributed by atoms with van der Waals surface area (Å²) in [6, 6.07) is 11.0. The van der Waals surface area contributed by atoms with Crippen LogP contribution in [0.5, 0.6) is 0 Å². The van der Waals surface area contributed by atoms with Crippen LogP contribution in [-0.2, 0) is 31.7 Å². The normalized spacial score (nSPS) is 13.5. The zero-order valence-electron chi connectivity index (χ0n) is 14.5. The number of carbonyl (C=O) groups is 3. The zero-order chi connectivity index (χ0) is 20.3. The predicted octanol–water partition coefficient (Wildman–Crippen LogP) is 2.78. The molecule has 0 spiro atoms. The number of anilines is 2. The Balaban J connectivity index is 1.61. The highest BCUT2D eigenvalue weighted by Gasteiger charge is 2.31. The first kappa shape index (κ1) is 19.4. The lowest BCUT2D eigenvalue weighted by Crippen LogP contribution is -2.44. The molecule has 6 nitrogen and oxygen atoms in total. The highest BCUT2D eigenvalue weighted by Crippen LogP contribution is 2.30. The largest absolute Gasteiger partial charge is 0.455 e. The molecule has 0 aromatic heterocycles. The molecular formula is C19H15F3N2O4. The van der Waals surface area contributed by atoms with Crippen LogP contribution in [0.15, 0.2) is 48.5 Å². The topological polar surface area (TPSA) is 75.7 Å². The molecule has 0 bridgehead atoms. The van der Waals surface area contributed by atoms with Crippen molar-refractivity contribution in [3.63, 3.8) is 0 Å². The summed E-state index contributed by atoms with van der Waals surface area (Å²) in [6.07, 6.45) is -4.92. The van der Waals surface area contributed by atoms with E-state index in [9.17, 15) is 27.6 Å². The highest BCUT2D eigenvalue weighted by molar-refractivity contribution is 6.10. The van der Waals surface area contributed by atoms with E-state index in [0.29, 0.717) is 11.4 Å². The van der Waals surface area contributed by atoms with Crippen LogP contribution in [0.1, 0.15) is 11.1 Å². The molecule has 146 valence electrons. The fourth-order valence-electron chi connectivity index (χ4n) is 2.75. The van der Waals surface area contributed by atoms with Crippen molar-refractivity contribution < 1.29 is 32.3 Å². The molecule has 28 heavy (non-hydrogen) atoms. The molecule has 2 amide bonds. The van der Waals surface area contributed by atoms with Crippen molar-refractivity contribution in [2.45, 2.75) is 12.6 Å². The third-order valence-electron chi connectivity index (χ3n) is 4.03. The fourth-order valence-corrected chi connectivity index (χ4v) is 2.75. The minimum Gasteiger partial charge on any atom is -0.455 e. The highest BCUT2D eigenvalue weighted by atomic mass is 19.4. The van der Waals surface area contributed by atoms with Crippen LogP contribution in [0.3, 0.4) is 0 Å². The van der Waals surface area contributed by atoms with E-state index < -0.39 is 36.6 Å². The molecule has 1 aliphatic rings. The molecule has 0 unspecified atom stereocenters. The van der Waals surface area contributed by atoms with Gasteiger partial charge in [0.25, 0.3) is 5.91 Å². The van der Waals surface area contributed by atoms with Crippen LogP contribution in [0.2, 0.25) is 0 Å². The summed E-state index contributed by atoms with van der Waals surface area (Å²) in [7, 11) is 0. The summed E-state index contributed by atoms with van der Waals surface area (Å²) in [6.45, 7) is -0.847. The Bertz CT molecular complexity index is 927. The van der Waals surface area contributed by atoms with Gasteiger partial charge in [-0.1, -0.05) is 30.3 Å². The van der Waals surface area contributed by atoms with Crippen molar-refractivity contribution >= 4 is 29.2 Å². The Labute approximate surface area is 157 Å². The number of halogens is 3. The Morgan fingerprint density at radius 3 is 2.61 bits per heavy atom. The first-order valence-corrected chi connectivity index (χ1v) is 8.25. The van der Waals surface area contributed by atoms with Gasteiger partial charge in [0, 0.05) is 0 Å². The summed E-state index contributed by atoms with van der Waals surface area (Å²) in [5.41, 5.74) is 0.184. The molecule has 0 saturated heterocycles. The maximum atomic E-state index is 12.7. The molecule has 1 aliphatic heterocycles. The van der Waals surface area contributed by atoms with E-state index in [1.807, 2.05) is 0 Å². The average Bonchev–Trinajstić information content (AvgIpc) is 2.65. The van der Waals surface area contributed by atoms with Gasteiger partial charge in [-0.25, -0.2) is 0 Å². The smallest absolute Gasteiger partial charge is 0.416 e. The molecule has 1 N–H and O–H groups in total. The van der Waals surface area contributed by atoms with Crippen LogP contribution in [-0.4, -0.2) is 30.9 Å². The van der Waals surface area contributed by atoms with E-state index in [-0.39, 0.29) is 18.0 Å². The number of carbonyl (C=O) groups excluding carboxylic acids is 3. The van der Waals surface area contributed by atoms with Crippen LogP contribution in [0.4, 0.5) is 24.5 Å². The molecule has 1 heterocycles. The van der Waals surface area contributed by atoms with E-state index in [2.05, 4.69) is 5.32 Å². The van der Waals surface area contributed by atoms with Gasteiger partial charge in [0.1, 0.15) is 6.54 Å². The summed E-state index contributed by atoms with van der Waals surface area (Å²) < 4.78 is 43.1. The van der Waals surface area contributed by atoms with Gasteiger partial charge in [0.05, 0.1) is 23.4 Å². The molecule has 0 atom stereocenters. The average molecular weight is 392 g/mol. The van der Waals surface area contributed by atoms with Crippen molar-refractivity contribution in [2.24, 2.45) is 0 Å². The Morgan fingerprint density at radius 2 is 1.86 bits per heavy atom. The minimum absolute atomic E-state index is 0.120. The Hall–Kier alpha value is -3.36. The van der Waals surface area contributed by atoms with E-state index in [1.54, 1.807) is 24.3 Å². The summed E-state index contributed by atoms with van der Waals surface area (Å²) in [5, 5.41) is 2.63. The molecule has 2 aromatic rings. The second-order valence-corrected chi connectivity index (χ2v) is 6.08. The molecule has 0 fully saturated rings. The number of fused-ring (bicyclic) bond motifs is 1. The Morgan fingerprint density at radius 1 is 1.11 bits per heavy atom. The first-order chi connectivity index (χ1) is 13.2. The zero-order valence-corrected chi connectivity index (χ0v) is 14.5. The third kappa shape index (κ3) is 4.48. The van der Waals surface area contributed by atoms with E-state index in [0.717, 1.165) is 12.1 Å². The molecule has 0 radical (unpaired) electrons. The van der Waals surface area contributed by atoms with Crippen LogP contribution >= 0.6 is 0 Å². The Kier molecular flexibility index (Phi) is 5.34. The summed E-state index contributed by atoms with van der Waals surface area (Å²) >= 11 is 0. The predicted molar refractivity (Wildman–Crippen MR) is 93.5 cm³/mol. The van der Waals surface area contributed by atoms with Gasteiger partial charge in [-0.05, 0) is 23.8 Å². The summed E-state index contributed by atoms with van der Waals surface area (Å²) in [4.78, 5) is 37.2. The van der Waals surface area contributed by atoms with E-state index >= 15 is 0 Å². The van der Waals surface area contributed by atoms with Crippen molar-refractivity contribution in [3.8, 4) is 0 Å². The molecule has 2 aromatic carbocycles. The third-order valence-corrected chi connectivity index (χ3v) is 4.03. The number of esters is 1. The summed E-state index contributed by atoms with van der Waals surface area (Å²) in [5.74, 6) is -1.84. The number of nitrogens with zero attached hydrogens (tertiary/aromatic N) is 1. The second-order valence-electron chi connectivity index (χ2n) is 6.08. The van der Waals surface area contributed by atoms with Gasteiger partial charge >= 0.3 is 12.1 Å². The van der Waals surface area contributed by atoms with Crippen LogP contribution in [0.25, 0.3) is 0 Å². The maximum absolute atomic E-state index is 12.7. The van der Waals surface area contributed by atoms with Crippen molar-refractivity contribution in [1.82, 2.24) is 0 Å². The lowest BCUT2D eigenvalue weighted by atomic mass is 10.1. The van der Waals surface area contributed by atoms with Gasteiger partial charge in [-0.2, -0.15) is 13.2 Å². The van der Waals surface area contributed by atoms with Crippen molar-refractivity contribution in [2.75, 3.05) is 23.4 Å². The number of hydrogen-bond donors (Lipinski definition) is 1. The van der Waals surface area contributed by atoms with Gasteiger partial charge in [-0.3, -0.25) is 19.3 Å². The molecule has 0 saturated carbocycles. The standard InChI is InChI=1S/C19H15F3N2O4/c20-19(21,22)13-5-3-4-12(8-13)9-18(27)28-11-17(26)24-10-16(25)23-14-6-1-2-7-15(14)24/h1-8H,9-11H2,(H,23,25). The van der Waals surface area contributed by atoms with Gasteiger partial charge in [0.2, 0.25) is 5.91 Å². The number of hydrogen-bond acceptors (Lipinski definition) is 4. The molecular weight excluding hydrogens is 377 g/mol. The molecule has 3 rings (SSSR count). The number of nitrogens with one attached hydrogen (secondary N) is 1. The molecule has 9 heteroatoms. The van der Waals surface area contributed by atoms with Crippen molar-refractivity contribution in [1.29, 1.82) is 0 Å². The van der Waals surface area contributed by atoms with Gasteiger partial charge < -0.3 is 10.1 Å². The van der Waals surface area contributed by atoms with Crippen LogP contribution in [0, 0.1) is 0 Å². The number of amides is 2. The number of para-hydroxylation sites is 2. The van der Waals surface area contributed by atoms with Gasteiger partial charge in [-0.15, -0.1) is 0 Å². The minimum atomic E-state index is -4.52.